The van der Waals surface area contributed by atoms with Crippen molar-refractivity contribution in [3.8, 4) is 0 Å². The zero-order chi connectivity index (χ0) is 13.3. The van der Waals surface area contributed by atoms with E-state index in [4.69, 9.17) is 5.73 Å². The zero-order valence-electron chi connectivity index (χ0n) is 9.10. The maximum atomic E-state index is 11.9. The van der Waals surface area contributed by atoms with E-state index < -0.39 is 17.6 Å². The molecule has 0 radical (unpaired) electrons. The van der Waals surface area contributed by atoms with E-state index in [9.17, 15) is 13.5 Å². The number of hydrogen-bond acceptors (Lipinski definition) is 4. The summed E-state index contributed by atoms with van der Waals surface area (Å²) in [7, 11) is -3.45. The van der Waals surface area contributed by atoms with Crippen molar-refractivity contribution < 1.29 is 13.5 Å². The number of nitrogens with two attached hydrogens (primary N) is 1. The normalized spacial score (nSPS) is 17.4. The lowest BCUT2D eigenvalue weighted by molar-refractivity contribution is 0.191. The Morgan fingerprint density at radius 1 is 1.59 bits per heavy atom. The van der Waals surface area contributed by atoms with E-state index in [1.807, 2.05) is 0 Å². The summed E-state index contributed by atoms with van der Waals surface area (Å²) in [6.45, 7) is 1.54. The minimum atomic E-state index is -3.45. The smallest absolute Gasteiger partial charge is 0.207 e. The van der Waals surface area contributed by atoms with Crippen LogP contribution in [-0.2, 0) is 9.84 Å². The molecule has 1 aromatic carbocycles. The number of nitrogen functional groups attached to an aromatic ring is 1. The Labute approximate surface area is 123 Å². The molecular formula is C10H13BrINO3S. The van der Waals surface area contributed by atoms with Crippen LogP contribution in [0.2, 0.25) is 0 Å². The summed E-state index contributed by atoms with van der Waals surface area (Å²) in [5.74, 6) is -0.0550. The number of halogens is 2. The van der Waals surface area contributed by atoms with E-state index in [0.717, 1.165) is 0 Å². The van der Waals surface area contributed by atoms with Gasteiger partial charge < -0.3 is 10.8 Å². The molecule has 0 heterocycles. The van der Waals surface area contributed by atoms with Crippen LogP contribution in [0.15, 0.2) is 24.3 Å². The summed E-state index contributed by atoms with van der Waals surface area (Å²) in [5, 5.41) is 10.2. The lowest BCUT2D eigenvalue weighted by Gasteiger charge is -2.26. The molecule has 0 aliphatic carbocycles. The first-order valence-electron chi connectivity index (χ1n) is 4.86. The fourth-order valence-corrected chi connectivity index (χ4v) is 4.39. The van der Waals surface area contributed by atoms with Crippen molar-refractivity contribution >= 4 is 54.0 Å². The van der Waals surface area contributed by atoms with Crippen LogP contribution in [-0.4, -0.2) is 20.9 Å². The molecule has 0 saturated heterocycles. The van der Waals surface area contributed by atoms with Crippen molar-refractivity contribution in [3.63, 3.8) is 0 Å². The molecule has 4 nitrogen and oxygen atoms in total. The first-order valence-corrected chi connectivity index (χ1v) is 8.38. The number of benzene rings is 1. The monoisotopic (exact) mass is 433 g/mol. The Hall–Kier alpha value is 0.140. The van der Waals surface area contributed by atoms with Crippen LogP contribution in [0.5, 0.6) is 0 Å². The minimum absolute atomic E-state index is 0.0550. The molecule has 0 unspecified atom stereocenters. The fraction of sp³-hybridized carbons (Fsp3) is 0.400. The van der Waals surface area contributed by atoms with Crippen LogP contribution in [0.1, 0.15) is 18.6 Å². The van der Waals surface area contributed by atoms with Gasteiger partial charge in [-0.1, -0.05) is 35.0 Å². The Bertz CT molecular complexity index is 504. The van der Waals surface area contributed by atoms with Gasteiger partial charge in [0.1, 0.15) is 6.10 Å². The van der Waals surface area contributed by atoms with Gasteiger partial charge in [0, 0.05) is 11.4 Å². The van der Waals surface area contributed by atoms with Crippen LogP contribution in [0.25, 0.3) is 0 Å². The SMILES string of the molecule is CCS(=O)(=O)[C@@](Br)(I)[C@@H](O)c1cccc(N)c1. The molecule has 0 spiro atoms. The van der Waals surface area contributed by atoms with Crippen LogP contribution in [0.3, 0.4) is 0 Å². The highest BCUT2D eigenvalue weighted by Gasteiger charge is 2.45. The average molecular weight is 434 g/mol. The van der Waals surface area contributed by atoms with Gasteiger partial charge in [-0.25, -0.2) is 8.42 Å². The van der Waals surface area contributed by atoms with Gasteiger partial charge in [-0.2, -0.15) is 0 Å². The van der Waals surface area contributed by atoms with Crippen molar-refractivity contribution in [1.82, 2.24) is 0 Å². The van der Waals surface area contributed by atoms with Crippen LogP contribution in [0.4, 0.5) is 5.69 Å². The molecule has 2 atom stereocenters. The lowest BCUT2D eigenvalue weighted by Crippen LogP contribution is -2.33. The van der Waals surface area contributed by atoms with Crippen LogP contribution < -0.4 is 5.73 Å². The molecule has 0 fully saturated rings. The highest BCUT2D eigenvalue weighted by atomic mass is 127. The van der Waals surface area contributed by atoms with E-state index in [1.54, 1.807) is 46.9 Å². The minimum Gasteiger partial charge on any atom is -0.399 e. The van der Waals surface area contributed by atoms with Gasteiger partial charge in [-0.05, 0) is 40.3 Å². The van der Waals surface area contributed by atoms with Gasteiger partial charge in [0.05, 0.1) is 0 Å². The first-order chi connectivity index (χ1) is 7.72. The van der Waals surface area contributed by atoms with Crippen LogP contribution in [0, 0.1) is 0 Å². The molecule has 0 bridgehead atoms. The topological polar surface area (TPSA) is 80.4 Å². The van der Waals surface area contributed by atoms with Gasteiger partial charge in [0.15, 0.2) is 9.84 Å². The number of rotatable bonds is 4. The third-order valence-corrected chi connectivity index (χ3v) is 8.67. The Morgan fingerprint density at radius 2 is 2.18 bits per heavy atom. The van der Waals surface area contributed by atoms with Gasteiger partial charge in [0.25, 0.3) is 0 Å². The molecule has 7 heteroatoms. The largest absolute Gasteiger partial charge is 0.399 e. The van der Waals surface area contributed by atoms with Crippen molar-refractivity contribution in [2.24, 2.45) is 0 Å². The highest BCUT2D eigenvalue weighted by Crippen LogP contribution is 2.45. The number of alkyl halides is 2. The molecule has 3 N–H and O–H groups in total. The Balaban J connectivity index is 3.17. The summed E-state index contributed by atoms with van der Waals surface area (Å²) < 4.78 is 22.3. The van der Waals surface area contributed by atoms with Gasteiger partial charge in [-0.3, -0.25) is 0 Å². The quantitative estimate of drug-likeness (QED) is 0.433. The molecule has 1 aromatic rings. The fourth-order valence-electron chi connectivity index (χ4n) is 1.29. The average Bonchev–Trinajstić information content (AvgIpc) is 2.27. The molecule has 0 aliphatic rings. The van der Waals surface area contributed by atoms with E-state index >= 15 is 0 Å². The molecule has 17 heavy (non-hydrogen) atoms. The highest BCUT2D eigenvalue weighted by molar-refractivity contribution is 14.1. The van der Waals surface area contributed by atoms with Crippen molar-refractivity contribution in [2.45, 2.75) is 14.7 Å². The molecule has 96 valence electrons. The Kier molecular flexibility index (Phi) is 4.84. The number of hydrogen-bond donors (Lipinski definition) is 2. The third-order valence-electron chi connectivity index (χ3n) is 2.34. The number of anilines is 1. The van der Waals surface area contributed by atoms with Crippen molar-refractivity contribution in [2.75, 3.05) is 11.5 Å². The third kappa shape index (κ3) is 3.12. The van der Waals surface area contributed by atoms with E-state index in [-0.39, 0.29) is 5.75 Å². The van der Waals surface area contributed by atoms with Gasteiger partial charge in [0.2, 0.25) is 1.66 Å². The summed E-state index contributed by atoms with van der Waals surface area (Å²) in [6.07, 6.45) is -1.18. The summed E-state index contributed by atoms with van der Waals surface area (Å²) in [6, 6.07) is 6.55. The molecule has 0 aliphatic heterocycles. The van der Waals surface area contributed by atoms with Gasteiger partial charge in [-0.15, -0.1) is 0 Å². The predicted molar refractivity (Wildman–Crippen MR) is 81.0 cm³/mol. The maximum Gasteiger partial charge on any atom is 0.207 e. The van der Waals surface area contributed by atoms with Crippen LogP contribution >= 0.6 is 38.5 Å². The molecule has 0 saturated carbocycles. The number of aliphatic hydroxyl groups excluding tert-OH is 1. The van der Waals surface area contributed by atoms with Crippen molar-refractivity contribution in [1.29, 1.82) is 0 Å². The molecular weight excluding hydrogens is 421 g/mol. The lowest BCUT2D eigenvalue weighted by atomic mass is 10.1. The maximum absolute atomic E-state index is 11.9. The number of sulfone groups is 1. The first kappa shape index (κ1) is 15.2. The second-order valence-electron chi connectivity index (χ2n) is 3.54. The van der Waals surface area contributed by atoms with E-state index in [0.29, 0.717) is 11.3 Å². The van der Waals surface area contributed by atoms with E-state index in [1.165, 1.54) is 6.92 Å². The Morgan fingerprint density at radius 3 is 2.65 bits per heavy atom. The second kappa shape index (κ2) is 5.41. The predicted octanol–water partition coefficient (Wildman–Crippen LogP) is 2.22. The van der Waals surface area contributed by atoms with E-state index in [2.05, 4.69) is 15.9 Å². The molecule has 0 aromatic heterocycles. The summed E-state index contributed by atoms with van der Waals surface area (Å²) >= 11 is 4.80. The van der Waals surface area contributed by atoms with Crippen molar-refractivity contribution in [3.05, 3.63) is 29.8 Å². The molecule has 1 rings (SSSR count). The molecule has 0 amide bonds. The zero-order valence-corrected chi connectivity index (χ0v) is 13.7. The summed E-state index contributed by atoms with van der Waals surface area (Å²) in [4.78, 5) is 0. The summed E-state index contributed by atoms with van der Waals surface area (Å²) in [5.41, 5.74) is 6.55. The standard InChI is InChI=1S/C10H13BrINO3S/c1-2-17(15,16)10(11,12)9(14)7-4-3-5-8(13)6-7/h3-6,9,14H,2,13H2,1H3/t9-,10-/m0/s1. The second-order valence-corrected chi connectivity index (χ2v) is 11.7. The van der Waals surface area contributed by atoms with Gasteiger partial charge >= 0.3 is 0 Å². The number of aliphatic hydroxyl groups is 1.